The summed E-state index contributed by atoms with van der Waals surface area (Å²) >= 11 is 0. The third-order valence-electron chi connectivity index (χ3n) is 7.58. The summed E-state index contributed by atoms with van der Waals surface area (Å²) in [4.78, 5) is 8.59. The van der Waals surface area contributed by atoms with Crippen LogP contribution < -0.4 is 0 Å². The van der Waals surface area contributed by atoms with Crippen LogP contribution in [-0.2, 0) is 0 Å². The van der Waals surface area contributed by atoms with Crippen LogP contribution in [0.2, 0.25) is 0 Å². The molecule has 0 aliphatic heterocycles. The maximum absolute atomic E-state index is 4.34. The molecule has 5 aromatic carbocycles. The van der Waals surface area contributed by atoms with E-state index in [4.69, 9.17) is 0 Å². The predicted molar refractivity (Wildman–Crippen MR) is 164 cm³/mol. The second-order valence-corrected chi connectivity index (χ2v) is 9.93. The zero-order valence-corrected chi connectivity index (χ0v) is 21.7. The number of fused-ring (bicyclic) bond motifs is 2. The zero-order valence-electron chi connectivity index (χ0n) is 21.7. The van der Waals surface area contributed by atoms with Crippen molar-refractivity contribution in [3.63, 3.8) is 0 Å². The van der Waals surface area contributed by atoms with Gasteiger partial charge in [-0.25, -0.2) is 0 Å². The van der Waals surface area contributed by atoms with E-state index in [0.717, 1.165) is 5.56 Å². The van der Waals surface area contributed by atoms with Crippen LogP contribution in [0, 0.1) is 6.92 Å². The first-order chi connectivity index (χ1) is 19.3. The highest BCUT2D eigenvalue weighted by Gasteiger charge is 2.17. The molecule has 0 aliphatic rings. The van der Waals surface area contributed by atoms with E-state index in [2.05, 4.69) is 126 Å². The van der Waals surface area contributed by atoms with Crippen molar-refractivity contribution in [1.29, 1.82) is 0 Å². The molecule has 0 fully saturated rings. The fourth-order valence-electron chi connectivity index (χ4n) is 5.75. The Hall–Kier alpha value is -5.08. The maximum atomic E-state index is 4.34. The summed E-state index contributed by atoms with van der Waals surface area (Å²) in [5.41, 5.74) is 10.8. The number of rotatable bonds is 4. The van der Waals surface area contributed by atoms with E-state index in [1.165, 1.54) is 66.1 Å². The molecule has 0 saturated heterocycles. The Balaban J connectivity index is 1.46. The van der Waals surface area contributed by atoms with Gasteiger partial charge < -0.3 is 0 Å². The summed E-state index contributed by atoms with van der Waals surface area (Å²) in [5, 5.41) is 5.02. The highest BCUT2D eigenvalue weighted by Crippen LogP contribution is 2.44. The molecule has 0 aliphatic carbocycles. The van der Waals surface area contributed by atoms with Crippen LogP contribution in [0.5, 0.6) is 0 Å². The number of aryl methyl sites for hydroxylation is 1. The molecule has 0 radical (unpaired) electrons. The average molecular weight is 499 g/mol. The van der Waals surface area contributed by atoms with Gasteiger partial charge >= 0.3 is 0 Å². The van der Waals surface area contributed by atoms with E-state index in [0.29, 0.717) is 0 Å². The number of benzene rings is 5. The molecule has 2 heterocycles. The Bertz CT molecular complexity index is 1900. The normalized spacial score (nSPS) is 11.2. The minimum atomic E-state index is 1.12. The van der Waals surface area contributed by atoms with Gasteiger partial charge in [0.15, 0.2) is 0 Å². The highest BCUT2D eigenvalue weighted by atomic mass is 14.6. The summed E-state index contributed by atoms with van der Waals surface area (Å²) in [6.07, 6.45) is 7.53. The molecule has 2 aromatic heterocycles. The second-order valence-electron chi connectivity index (χ2n) is 9.93. The first-order valence-electron chi connectivity index (χ1n) is 13.2. The second kappa shape index (κ2) is 9.66. The molecule has 0 N–H and O–H groups in total. The topological polar surface area (TPSA) is 25.8 Å². The fraction of sp³-hybridized carbons (Fsp3) is 0.0270. The van der Waals surface area contributed by atoms with Gasteiger partial charge in [-0.3, -0.25) is 9.97 Å². The quantitative estimate of drug-likeness (QED) is 0.226. The van der Waals surface area contributed by atoms with Gasteiger partial charge in [0.2, 0.25) is 0 Å². The number of pyridine rings is 2. The van der Waals surface area contributed by atoms with Gasteiger partial charge in [-0.2, -0.15) is 0 Å². The van der Waals surface area contributed by atoms with Crippen molar-refractivity contribution in [3.05, 3.63) is 146 Å². The van der Waals surface area contributed by atoms with E-state index < -0.39 is 0 Å². The van der Waals surface area contributed by atoms with E-state index in [-0.39, 0.29) is 0 Å². The lowest BCUT2D eigenvalue weighted by atomic mass is 9.85. The van der Waals surface area contributed by atoms with E-state index in [1.807, 2.05) is 30.9 Å². The van der Waals surface area contributed by atoms with Crippen LogP contribution in [0.25, 0.3) is 66.1 Å². The van der Waals surface area contributed by atoms with Crippen LogP contribution in [0.15, 0.2) is 140 Å². The molecule has 2 nitrogen and oxygen atoms in total. The Labute approximate surface area is 228 Å². The molecule has 0 atom stereocenters. The van der Waals surface area contributed by atoms with Gasteiger partial charge in [0, 0.05) is 30.4 Å². The van der Waals surface area contributed by atoms with Crippen molar-refractivity contribution < 1.29 is 0 Å². The molecule has 39 heavy (non-hydrogen) atoms. The lowest BCUT2D eigenvalue weighted by Crippen LogP contribution is -1.91. The summed E-state index contributed by atoms with van der Waals surface area (Å²) in [6, 6.07) is 41.6. The molecule has 0 spiro atoms. The summed E-state index contributed by atoms with van der Waals surface area (Å²) in [7, 11) is 0. The van der Waals surface area contributed by atoms with Gasteiger partial charge in [-0.05, 0) is 91.2 Å². The lowest BCUT2D eigenvalue weighted by molar-refractivity contribution is 1.27. The third kappa shape index (κ3) is 4.07. The van der Waals surface area contributed by atoms with Crippen LogP contribution in [0.3, 0.4) is 0 Å². The SMILES string of the molecule is Cc1cnccc1-c1ccc(-c2c3ccccc3c(-c3cccc(-c4cccnc4)c3)c3ccccc23)cc1. The van der Waals surface area contributed by atoms with E-state index in [9.17, 15) is 0 Å². The minimum Gasteiger partial charge on any atom is -0.264 e. The van der Waals surface area contributed by atoms with Crippen LogP contribution in [-0.4, -0.2) is 9.97 Å². The Morgan fingerprint density at radius 3 is 1.59 bits per heavy atom. The Kier molecular flexibility index (Phi) is 5.71. The van der Waals surface area contributed by atoms with Crippen molar-refractivity contribution in [2.75, 3.05) is 0 Å². The number of hydrogen-bond donors (Lipinski definition) is 0. The van der Waals surface area contributed by atoms with Crippen LogP contribution >= 0.6 is 0 Å². The highest BCUT2D eigenvalue weighted by molar-refractivity contribution is 6.21. The van der Waals surface area contributed by atoms with Crippen LogP contribution in [0.1, 0.15) is 5.56 Å². The standard InChI is InChI=1S/C37H26N2/c1-25-23-39-21-19-31(25)26-15-17-27(18-16-26)36-32-11-2-4-13-34(32)37(35-14-5-3-12-33(35)36)29-9-6-8-28(22-29)30-10-7-20-38-24-30/h2-24H,1H3. The summed E-state index contributed by atoms with van der Waals surface area (Å²) < 4.78 is 0. The minimum absolute atomic E-state index is 1.12. The molecule has 0 unspecified atom stereocenters. The molecular weight excluding hydrogens is 472 g/mol. The van der Waals surface area contributed by atoms with E-state index in [1.54, 1.807) is 0 Å². The van der Waals surface area contributed by atoms with Gasteiger partial charge in [0.1, 0.15) is 0 Å². The molecule has 0 amide bonds. The molecule has 7 aromatic rings. The first kappa shape index (κ1) is 23.1. The smallest absolute Gasteiger partial charge is 0.0346 e. The van der Waals surface area contributed by atoms with Gasteiger partial charge in [0.05, 0.1) is 0 Å². The van der Waals surface area contributed by atoms with Crippen molar-refractivity contribution >= 4 is 21.5 Å². The summed E-state index contributed by atoms with van der Waals surface area (Å²) in [5.74, 6) is 0. The van der Waals surface area contributed by atoms with Gasteiger partial charge in [0.25, 0.3) is 0 Å². The predicted octanol–water partition coefficient (Wildman–Crippen LogP) is 9.76. The molecule has 2 heteroatoms. The van der Waals surface area contributed by atoms with Gasteiger partial charge in [-0.1, -0.05) is 97.1 Å². The third-order valence-corrected chi connectivity index (χ3v) is 7.58. The number of hydrogen-bond acceptors (Lipinski definition) is 2. The average Bonchev–Trinajstić information content (AvgIpc) is 3.01. The van der Waals surface area contributed by atoms with E-state index >= 15 is 0 Å². The molecule has 0 bridgehead atoms. The fourth-order valence-corrected chi connectivity index (χ4v) is 5.75. The largest absolute Gasteiger partial charge is 0.264 e. The maximum Gasteiger partial charge on any atom is 0.0346 e. The molecule has 184 valence electrons. The monoisotopic (exact) mass is 498 g/mol. The Morgan fingerprint density at radius 2 is 0.974 bits per heavy atom. The lowest BCUT2D eigenvalue weighted by Gasteiger charge is -2.18. The van der Waals surface area contributed by atoms with Crippen molar-refractivity contribution in [2.24, 2.45) is 0 Å². The molecule has 7 rings (SSSR count). The molecular formula is C37H26N2. The number of aromatic nitrogens is 2. The van der Waals surface area contributed by atoms with Crippen molar-refractivity contribution in [2.45, 2.75) is 6.92 Å². The van der Waals surface area contributed by atoms with Gasteiger partial charge in [-0.15, -0.1) is 0 Å². The molecule has 0 saturated carbocycles. The summed E-state index contributed by atoms with van der Waals surface area (Å²) in [6.45, 7) is 2.11. The Morgan fingerprint density at radius 1 is 0.410 bits per heavy atom. The zero-order chi connectivity index (χ0) is 26.2. The van der Waals surface area contributed by atoms with Crippen molar-refractivity contribution in [1.82, 2.24) is 9.97 Å². The van der Waals surface area contributed by atoms with Crippen molar-refractivity contribution in [3.8, 4) is 44.5 Å². The van der Waals surface area contributed by atoms with Crippen LogP contribution in [0.4, 0.5) is 0 Å². The number of nitrogens with zero attached hydrogens (tertiary/aromatic N) is 2. The first-order valence-corrected chi connectivity index (χ1v) is 13.2.